The van der Waals surface area contributed by atoms with E-state index in [0.29, 0.717) is 50.5 Å². The zero-order valence-electron chi connectivity index (χ0n) is 19.0. The van der Waals surface area contributed by atoms with Gasteiger partial charge in [-0.2, -0.15) is 0 Å². The molecule has 2 aromatic heterocycles. The van der Waals surface area contributed by atoms with Crippen LogP contribution in [0.4, 0.5) is 0 Å². The number of ether oxygens (including phenoxy) is 4. The third kappa shape index (κ3) is 4.07. The largest absolute Gasteiger partial charge is 0.490 e. The van der Waals surface area contributed by atoms with Gasteiger partial charge in [-0.1, -0.05) is 0 Å². The quantitative estimate of drug-likeness (QED) is 0.565. The van der Waals surface area contributed by atoms with Gasteiger partial charge < -0.3 is 23.5 Å². The number of hydrogen-bond acceptors (Lipinski definition) is 8. The smallest absolute Gasteiger partial charge is 0.254 e. The maximum Gasteiger partial charge on any atom is 0.254 e. The number of aromatic amines is 1. The van der Waals surface area contributed by atoms with E-state index in [2.05, 4.69) is 26.7 Å². The number of aryl methyl sites for hydroxylation is 1. The van der Waals surface area contributed by atoms with Crippen molar-refractivity contribution in [2.45, 2.75) is 44.9 Å². The first-order valence-electron chi connectivity index (χ1n) is 11.8. The van der Waals surface area contributed by atoms with Gasteiger partial charge in [0.2, 0.25) is 0 Å². The average Bonchev–Trinajstić information content (AvgIpc) is 3.56. The molecular formula is C24H27N5O5. The van der Waals surface area contributed by atoms with Crippen LogP contribution in [0.5, 0.6) is 11.5 Å². The molecule has 10 nitrogen and oxygen atoms in total. The van der Waals surface area contributed by atoms with Gasteiger partial charge in [0.25, 0.3) is 5.56 Å². The molecule has 10 heteroatoms. The van der Waals surface area contributed by atoms with Crippen molar-refractivity contribution in [1.82, 2.24) is 25.2 Å². The van der Waals surface area contributed by atoms with Crippen LogP contribution in [-0.4, -0.2) is 57.7 Å². The van der Waals surface area contributed by atoms with Crippen molar-refractivity contribution in [1.29, 1.82) is 0 Å². The van der Waals surface area contributed by atoms with Crippen molar-refractivity contribution >= 4 is 0 Å². The molecule has 0 bridgehead atoms. The second kappa shape index (κ2) is 8.84. The van der Waals surface area contributed by atoms with Gasteiger partial charge in [-0.3, -0.25) is 4.79 Å². The number of aromatic nitrogens is 5. The lowest BCUT2D eigenvalue weighted by Crippen LogP contribution is -2.34. The summed E-state index contributed by atoms with van der Waals surface area (Å²) in [6.07, 6.45) is 2.65. The Morgan fingerprint density at radius 3 is 2.94 bits per heavy atom. The van der Waals surface area contributed by atoms with Gasteiger partial charge in [0.1, 0.15) is 24.2 Å². The van der Waals surface area contributed by atoms with Crippen LogP contribution in [0.2, 0.25) is 0 Å². The number of H-pyrrole nitrogens is 1. The molecule has 2 aliphatic heterocycles. The fourth-order valence-electron chi connectivity index (χ4n) is 4.78. The Hall–Kier alpha value is -3.24. The standard InChI is InChI=1S/C24H27N5O5/c1-14-20(33-13-18-12-31-8-9-32-18)11-21(30)29-7-6-16-10-17(4-5-19(16)22(14)29)34-23(15-2-3-15)24-25-27-28-26-24/h4-5,10-11,15,18,23H,2-3,6-9,12-13H2,1H3,(H,25,26,27,28). The minimum absolute atomic E-state index is 0.0611. The maximum atomic E-state index is 12.9. The first-order valence-corrected chi connectivity index (χ1v) is 11.8. The van der Waals surface area contributed by atoms with Crippen LogP contribution in [0.15, 0.2) is 29.1 Å². The third-order valence-electron chi connectivity index (χ3n) is 6.71. The Balaban J connectivity index is 1.28. The lowest BCUT2D eigenvalue weighted by atomic mass is 9.94. The number of benzene rings is 1. The Morgan fingerprint density at radius 1 is 1.26 bits per heavy atom. The van der Waals surface area contributed by atoms with Crippen molar-refractivity contribution in [3.05, 3.63) is 51.6 Å². The molecule has 0 radical (unpaired) electrons. The summed E-state index contributed by atoms with van der Waals surface area (Å²) in [5.41, 5.74) is 3.95. The third-order valence-corrected chi connectivity index (χ3v) is 6.71. The summed E-state index contributed by atoms with van der Waals surface area (Å²) < 4.78 is 25.3. The summed E-state index contributed by atoms with van der Waals surface area (Å²) in [6.45, 7) is 4.63. The molecule has 2 unspecified atom stereocenters. The van der Waals surface area contributed by atoms with Crippen molar-refractivity contribution in [3.63, 3.8) is 0 Å². The minimum atomic E-state index is -0.181. The molecule has 1 aromatic carbocycles. The van der Waals surface area contributed by atoms with Gasteiger partial charge in [-0.25, -0.2) is 5.10 Å². The molecule has 1 N–H and O–H groups in total. The van der Waals surface area contributed by atoms with E-state index in [9.17, 15) is 4.79 Å². The average molecular weight is 466 g/mol. The fourth-order valence-corrected chi connectivity index (χ4v) is 4.78. The molecule has 3 aromatic rings. The molecular weight excluding hydrogens is 438 g/mol. The predicted molar refractivity (Wildman–Crippen MR) is 121 cm³/mol. The lowest BCUT2D eigenvalue weighted by Gasteiger charge is -2.27. The predicted octanol–water partition coefficient (Wildman–Crippen LogP) is 2.22. The molecule has 2 atom stereocenters. The highest BCUT2D eigenvalue weighted by atomic mass is 16.6. The van der Waals surface area contributed by atoms with E-state index < -0.39 is 0 Å². The van der Waals surface area contributed by atoms with Crippen LogP contribution in [-0.2, 0) is 22.4 Å². The molecule has 4 heterocycles. The van der Waals surface area contributed by atoms with E-state index in [1.165, 1.54) is 0 Å². The van der Waals surface area contributed by atoms with Crippen molar-refractivity contribution < 1.29 is 18.9 Å². The fraction of sp³-hybridized carbons (Fsp3) is 0.500. The van der Waals surface area contributed by atoms with Crippen LogP contribution < -0.4 is 15.0 Å². The van der Waals surface area contributed by atoms with Crippen LogP contribution in [0.1, 0.15) is 35.9 Å². The molecule has 34 heavy (non-hydrogen) atoms. The Kier molecular flexibility index (Phi) is 5.54. The van der Waals surface area contributed by atoms with E-state index in [1.54, 1.807) is 6.07 Å². The van der Waals surface area contributed by atoms with Crippen LogP contribution >= 0.6 is 0 Å². The van der Waals surface area contributed by atoms with E-state index in [-0.39, 0.29) is 17.8 Å². The van der Waals surface area contributed by atoms with Crippen molar-refractivity contribution in [2.75, 3.05) is 26.4 Å². The summed E-state index contributed by atoms with van der Waals surface area (Å²) in [6, 6.07) is 7.64. The molecule has 3 aliphatic rings. The van der Waals surface area contributed by atoms with Gasteiger partial charge in [0, 0.05) is 29.7 Å². The number of hydrogen-bond donors (Lipinski definition) is 1. The number of rotatable bonds is 7. The Bertz CT molecular complexity index is 1230. The Labute approximate surface area is 196 Å². The topological polar surface area (TPSA) is 113 Å². The summed E-state index contributed by atoms with van der Waals surface area (Å²) >= 11 is 0. The van der Waals surface area contributed by atoms with Gasteiger partial charge >= 0.3 is 0 Å². The van der Waals surface area contributed by atoms with Crippen LogP contribution in [0.3, 0.4) is 0 Å². The van der Waals surface area contributed by atoms with Crippen molar-refractivity contribution in [3.8, 4) is 22.8 Å². The number of pyridine rings is 1. The van der Waals surface area contributed by atoms with E-state index >= 15 is 0 Å². The monoisotopic (exact) mass is 465 g/mol. The van der Waals surface area contributed by atoms with Crippen LogP contribution in [0, 0.1) is 12.8 Å². The number of tetrazole rings is 1. The molecule has 6 rings (SSSR count). The first-order chi connectivity index (χ1) is 16.7. The van der Waals surface area contributed by atoms with E-state index in [0.717, 1.165) is 47.4 Å². The van der Waals surface area contributed by atoms with Gasteiger partial charge in [-0.15, -0.1) is 5.10 Å². The summed E-state index contributed by atoms with van der Waals surface area (Å²) in [5, 5.41) is 14.3. The van der Waals surface area contributed by atoms with Crippen molar-refractivity contribution in [2.24, 2.45) is 5.92 Å². The maximum absolute atomic E-state index is 12.9. The summed E-state index contributed by atoms with van der Waals surface area (Å²) in [5.74, 6) is 2.44. The highest BCUT2D eigenvalue weighted by Crippen LogP contribution is 2.43. The SMILES string of the molecule is Cc1c(OCC2COCCO2)cc(=O)n2c1-c1ccc(OC(c3nnn[nH]3)C3CC3)cc1CC2. The van der Waals surface area contributed by atoms with Gasteiger partial charge in [-0.05, 0) is 60.4 Å². The van der Waals surface area contributed by atoms with Gasteiger partial charge in [0.15, 0.2) is 11.9 Å². The zero-order valence-corrected chi connectivity index (χ0v) is 19.0. The molecule has 1 aliphatic carbocycles. The highest BCUT2D eigenvalue weighted by Gasteiger charge is 2.36. The molecule has 1 saturated carbocycles. The molecule has 0 spiro atoms. The number of fused-ring (bicyclic) bond motifs is 3. The second-order valence-electron chi connectivity index (χ2n) is 9.08. The number of nitrogens with one attached hydrogen (secondary N) is 1. The Morgan fingerprint density at radius 2 is 2.18 bits per heavy atom. The molecule has 0 amide bonds. The van der Waals surface area contributed by atoms with E-state index in [1.807, 2.05) is 23.6 Å². The van der Waals surface area contributed by atoms with Crippen LogP contribution in [0.25, 0.3) is 11.3 Å². The summed E-state index contributed by atoms with van der Waals surface area (Å²) in [7, 11) is 0. The normalized spacial score (nSPS) is 20.3. The van der Waals surface area contributed by atoms with Gasteiger partial charge in [0.05, 0.1) is 25.5 Å². The second-order valence-corrected chi connectivity index (χ2v) is 9.08. The highest BCUT2D eigenvalue weighted by molar-refractivity contribution is 5.71. The minimum Gasteiger partial charge on any atom is -0.490 e. The first kappa shape index (κ1) is 21.3. The lowest BCUT2D eigenvalue weighted by molar-refractivity contribution is -0.101. The molecule has 1 saturated heterocycles. The summed E-state index contributed by atoms with van der Waals surface area (Å²) in [4.78, 5) is 12.9. The number of nitrogens with zero attached hydrogens (tertiary/aromatic N) is 4. The zero-order chi connectivity index (χ0) is 23.1. The molecule has 178 valence electrons. The van der Waals surface area contributed by atoms with E-state index in [4.69, 9.17) is 18.9 Å². The molecule has 2 fully saturated rings.